The summed E-state index contributed by atoms with van der Waals surface area (Å²) in [6, 6.07) is 13.5. The minimum Gasteiger partial charge on any atom is -0.497 e. The van der Waals surface area contributed by atoms with E-state index in [1.807, 2.05) is 12.1 Å². The van der Waals surface area contributed by atoms with Gasteiger partial charge in [0.2, 0.25) is 5.91 Å². The molecule has 1 saturated heterocycles. The molecule has 0 aromatic heterocycles. The number of nitrogens with one attached hydrogen (secondary N) is 1. The van der Waals surface area contributed by atoms with Crippen molar-refractivity contribution in [2.75, 3.05) is 26.7 Å². The smallest absolute Gasteiger partial charge is 0.224 e. The summed E-state index contributed by atoms with van der Waals surface area (Å²) in [5.41, 5.74) is 1.99. The summed E-state index contributed by atoms with van der Waals surface area (Å²) >= 11 is 12.3. The average Bonchev–Trinajstić information content (AvgIpc) is 2.71. The maximum Gasteiger partial charge on any atom is 0.224 e. The molecule has 0 unspecified atom stereocenters. The van der Waals surface area contributed by atoms with E-state index in [9.17, 15) is 4.79 Å². The standard InChI is InChI=1S/C22H26Cl2N2O2/c1-28-18-7-5-17(6-8-18)15-26-11-9-16(10-12-26)14-25-22(27)13-19-20(23)3-2-4-21(19)24/h2-8,16H,9-15H2,1H3,(H,25,27). The van der Waals surface area contributed by atoms with E-state index in [1.165, 1.54) is 5.56 Å². The van der Waals surface area contributed by atoms with E-state index in [-0.39, 0.29) is 12.3 Å². The molecule has 0 saturated carbocycles. The molecule has 150 valence electrons. The molecular formula is C22H26Cl2N2O2. The first kappa shape index (κ1) is 21.0. The first-order valence-electron chi connectivity index (χ1n) is 9.60. The molecule has 2 aromatic rings. The van der Waals surface area contributed by atoms with Crippen LogP contribution in [0.5, 0.6) is 5.75 Å². The Bertz CT molecular complexity index is 767. The molecule has 0 radical (unpaired) electrons. The number of nitrogens with zero attached hydrogens (tertiary/aromatic N) is 1. The van der Waals surface area contributed by atoms with Crippen molar-refractivity contribution in [3.63, 3.8) is 0 Å². The fourth-order valence-electron chi connectivity index (χ4n) is 3.52. The number of piperidine rings is 1. The molecule has 1 aliphatic heterocycles. The van der Waals surface area contributed by atoms with E-state index in [1.54, 1.807) is 25.3 Å². The predicted molar refractivity (Wildman–Crippen MR) is 114 cm³/mol. The number of hydrogen-bond donors (Lipinski definition) is 1. The van der Waals surface area contributed by atoms with Gasteiger partial charge in [0.25, 0.3) is 0 Å². The number of rotatable bonds is 7. The SMILES string of the molecule is COc1ccc(CN2CCC(CNC(=O)Cc3c(Cl)cccc3Cl)CC2)cc1. The maximum absolute atomic E-state index is 12.3. The van der Waals surface area contributed by atoms with E-state index >= 15 is 0 Å². The van der Waals surface area contributed by atoms with E-state index in [4.69, 9.17) is 27.9 Å². The van der Waals surface area contributed by atoms with Gasteiger partial charge in [0.05, 0.1) is 13.5 Å². The zero-order valence-electron chi connectivity index (χ0n) is 16.1. The lowest BCUT2D eigenvalue weighted by molar-refractivity contribution is -0.120. The summed E-state index contributed by atoms with van der Waals surface area (Å²) < 4.78 is 5.21. The van der Waals surface area contributed by atoms with E-state index in [0.29, 0.717) is 28.1 Å². The summed E-state index contributed by atoms with van der Waals surface area (Å²) in [6.45, 7) is 3.75. The number of likely N-dealkylation sites (tertiary alicyclic amines) is 1. The number of hydrogen-bond acceptors (Lipinski definition) is 3. The molecule has 0 aliphatic carbocycles. The van der Waals surface area contributed by atoms with Crippen LogP contribution < -0.4 is 10.1 Å². The van der Waals surface area contributed by atoms with Gasteiger partial charge in [-0.15, -0.1) is 0 Å². The number of carbonyl (C=O) groups is 1. The first-order chi connectivity index (χ1) is 13.5. The van der Waals surface area contributed by atoms with Gasteiger partial charge < -0.3 is 10.1 Å². The highest BCUT2D eigenvalue weighted by molar-refractivity contribution is 6.36. The van der Waals surface area contributed by atoms with Crippen LogP contribution in [0, 0.1) is 5.92 Å². The largest absolute Gasteiger partial charge is 0.497 e. The Morgan fingerprint density at radius 2 is 1.75 bits per heavy atom. The van der Waals surface area contributed by atoms with Gasteiger partial charge in [0.1, 0.15) is 5.75 Å². The zero-order chi connectivity index (χ0) is 19.9. The third kappa shape index (κ3) is 5.87. The van der Waals surface area contributed by atoms with Crippen LogP contribution in [-0.2, 0) is 17.8 Å². The summed E-state index contributed by atoms with van der Waals surface area (Å²) in [5, 5.41) is 4.12. The van der Waals surface area contributed by atoms with Gasteiger partial charge in [-0.05, 0) is 67.2 Å². The van der Waals surface area contributed by atoms with Crippen molar-refractivity contribution in [3.05, 3.63) is 63.6 Å². The van der Waals surface area contributed by atoms with Gasteiger partial charge in [-0.1, -0.05) is 41.4 Å². The van der Waals surface area contributed by atoms with Gasteiger partial charge in [-0.25, -0.2) is 0 Å². The van der Waals surface area contributed by atoms with Crippen molar-refractivity contribution in [3.8, 4) is 5.75 Å². The quantitative estimate of drug-likeness (QED) is 0.712. The van der Waals surface area contributed by atoms with Gasteiger partial charge in [-0.2, -0.15) is 0 Å². The Kier molecular flexibility index (Phi) is 7.60. The molecule has 1 N–H and O–H groups in total. The minimum atomic E-state index is -0.0318. The summed E-state index contributed by atoms with van der Waals surface area (Å²) in [5.74, 6) is 1.37. The van der Waals surface area contributed by atoms with Crippen molar-refractivity contribution in [2.45, 2.75) is 25.8 Å². The Balaban J connectivity index is 1.40. The number of benzene rings is 2. The van der Waals surface area contributed by atoms with Crippen molar-refractivity contribution in [1.29, 1.82) is 0 Å². The fourth-order valence-corrected chi connectivity index (χ4v) is 4.05. The summed E-state index contributed by atoms with van der Waals surface area (Å²) in [4.78, 5) is 14.7. The molecule has 0 atom stereocenters. The maximum atomic E-state index is 12.3. The van der Waals surface area contributed by atoms with Crippen LogP contribution in [0.25, 0.3) is 0 Å². The summed E-state index contributed by atoms with van der Waals surface area (Å²) in [6.07, 6.45) is 2.39. The Labute approximate surface area is 176 Å². The molecular weight excluding hydrogens is 395 g/mol. The second-order valence-electron chi connectivity index (χ2n) is 7.25. The third-order valence-corrected chi connectivity index (χ3v) is 5.97. The molecule has 0 bridgehead atoms. The lowest BCUT2D eigenvalue weighted by atomic mass is 9.96. The van der Waals surface area contributed by atoms with Gasteiger partial charge in [0, 0.05) is 23.1 Å². The van der Waals surface area contributed by atoms with Crippen LogP contribution in [0.1, 0.15) is 24.0 Å². The monoisotopic (exact) mass is 420 g/mol. The van der Waals surface area contributed by atoms with E-state index < -0.39 is 0 Å². The number of methoxy groups -OCH3 is 1. The molecule has 0 spiro atoms. The van der Waals surface area contributed by atoms with E-state index in [0.717, 1.165) is 38.2 Å². The number of halogens is 2. The van der Waals surface area contributed by atoms with Crippen molar-refractivity contribution in [1.82, 2.24) is 10.2 Å². The average molecular weight is 421 g/mol. The number of ether oxygens (including phenoxy) is 1. The highest BCUT2D eigenvalue weighted by atomic mass is 35.5. The number of carbonyl (C=O) groups excluding carboxylic acids is 1. The Morgan fingerprint density at radius 1 is 1.11 bits per heavy atom. The molecule has 1 amide bonds. The van der Waals surface area contributed by atoms with Gasteiger partial charge in [0.15, 0.2) is 0 Å². The van der Waals surface area contributed by atoms with Gasteiger partial charge >= 0.3 is 0 Å². The second kappa shape index (κ2) is 10.1. The van der Waals surface area contributed by atoms with Crippen LogP contribution in [0.4, 0.5) is 0 Å². The van der Waals surface area contributed by atoms with Crippen molar-refractivity contribution in [2.24, 2.45) is 5.92 Å². The van der Waals surface area contributed by atoms with Gasteiger partial charge in [-0.3, -0.25) is 9.69 Å². The highest BCUT2D eigenvalue weighted by Gasteiger charge is 2.20. The highest BCUT2D eigenvalue weighted by Crippen LogP contribution is 2.25. The lowest BCUT2D eigenvalue weighted by Gasteiger charge is -2.32. The molecule has 6 heteroatoms. The molecule has 28 heavy (non-hydrogen) atoms. The second-order valence-corrected chi connectivity index (χ2v) is 8.06. The lowest BCUT2D eigenvalue weighted by Crippen LogP contribution is -2.38. The van der Waals surface area contributed by atoms with Crippen molar-refractivity contribution >= 4 is 29.1 Å². The van der Waals surface area contributed by atoms with Crippen LogP contribution >= 0.6 is 23.2 Å². The molecule has 3 rings (SSSR count). The molecule has 2 aromatic carbocycles. The fraction of sp³-hybridized carbons (Fsp3) is 0.409. The zero-order valence-corrected chi connectivity index (χ0v) is 17.6. The molecule has 1 aliphatic rings. The van der Waals surface area contributed by atoms with E-state index in [2.05, 4.69) is 22.3 Å². The van der Waals surface area contributed by atoms with Crippen LogP contribution in [-0.4, -0.2) is 37.6 Å². The molecule has 1 heterocycles. The summed E-state index contributed by atoms with van der Waals surface area (Å²) in [7, 11) is 1.68. The Hall–Kier alpha value is -1.75. The topological polar surface area (TPSA) is 41.6 Å². The van der Waals surface area contributed by atoms with Crippen LogP contribution in [0.2, 0.25) is 10.0 Å². The predicted octanol–water partition coefficient (Wildman–Crippen LogP) is 4.57. The minimum absolute atomic E-state index is 0.0318. The third-order valence-electron chi connectivity index (χ3n) is 5.26. The van der Waals surface area contributed by atoms with Crippen molar-refractivity contribution < 1.29 is 9.53 Å². The first-order valence-corrected chi connectivity index (χ1v) is 10.4. The Morgan fingerprint density at radius 3 is 2.36 bits per heavy atom. The molecule has 1 fully saturated rings. The van der Waals surface area contributed by atoms with Crippen LogP contribution in [0.3, 0.4) is 0 Å². The number of amides is 1. The molecule has 4 nitrogen and oxygen atoms in total. The van der Waals surface area contributed by atoms with Crippen LogP contribution in [0.15, 0.2) is 42.5 Å². The normalized spacial score (nSPS) is 15.4.